The Balaban J connectivity index is 1.24. The van der Waals surface area contributed by atoms with Crippen molar-refractivity contribution >= 4 is 17.5 Å². The third kappa shape index (κ3) is 5.33. The number of aryl methyl sites for hydroxylation is 3. The van der Waals surface area contributed by atoms with Crippen LogP contribution in [0.15, 0.2) is 179 Å². The largest absolute Gasteiger partial charge is 0.272 e. The summed E-state index contributed by atoms with van der Waals surface area (Å²) in [5, 5.41) is 0. The highest BCUT2D eigenvalue weighted by Crippen LogP contribution is 2.62. The van der Waals surface area contributed by atoms with Gasteiger partial charge in [-0.25, -0.2) is 0 Å². The smallest absolute Gasteiger partial charge is 0.0962 e. The molecule has 1 spiro atoms. The number of rotatable bonds is 6. The molecule has 0 N–H and O–H groups in total. The van der Waals surface area contributed by atoms with Crippen LogP contribution in [0.2, 0.25) is 0 Å². The van der Waals surface area contributed by atoms with Gasteiger partial charge in [-0.05, 0) is 96.0 Å². The highest BCUT2D eigenvalue weighted by atomic mass is 32.2. The minimum absolute atomic E-state index is 0.262. The molecule has 2 nitrogen and oxygen atoms in total. The minimum Gasteiger partial charge on any atom is -0.272 e. The zero-order valence-electron chi connectivity index (χ0n) is 30.5. The van der Waals surface area contributed by atoms with Crippen molar-refractivity contribution in [1.29, 1.82) is 0 Å². The van der Waals surface area contributed by atoms with Crippen molar-refractivity contribution in [3.8, 4) is 22.3 Å². The summed E-state index contributed by atoms with van der Waals surface area (Å²) in [7, 11) is 0. The van der Waals surface area contributed by atoms with E-state index in [0.717, 1.165) is 50.5 Å². The number of aliphatic imine (C=N–C) groups is 1. The molecule has 0 bridgehead atoms. The van der Waals surface area contributed by atoms with Gasteiger partial charge in [0.25, 0.3) is 0 Å². The van der Waals surface area contributed by atoms with Crippen LogP contribution in [-0.4, -0.2) is 10.7 Å². The van der Waals surface area contributed by atoms with E-state index in [1.165, 1.54) is 48.7 Å². The second-order valence-electron chi connectivity index (χ2n) is 14.4. The van der Waals surface area contributed by atoms with Gasteiger partial charge in [-0.15, -0.1) is 0 Å². The van der Waals surface area contributed by atoms with Crippen LogP contribution >= 0.6 is 11.8 Å². The lowest BCUT2D eigenvalue weighted by Crippen LogP contribution is -2.32. The molecule has 1 aliphatic heterocycles. The number of fused-ring (bicyclic) bond motifs is 9. The second kappa shape index (κ2) is 13.0. The van der Waals surface area contributed by atoms with Crippen LogP contribution in [0.4, 0.5) is 0 Å². The van der Waals surface area contributed by atoms with Gasteiger partial charge in [0.1, 0.15) is 0 Å². The van der Waals surface area contributed by atoms with E-state index in [1.807, 2.05) is 18.7 Å². The van der Waals surface area contributed by atoms with E-state index in [2.05, 4.69) is 179 Å². The summed E-state index contributed by atoms with van der Waals surface area (Å²) in [5.41, 5.74) is 18.3. The topological polar surface area (TPSA) is 25.2 Å². The third-order valence-electron chi connectivity index (χ3n) is 11.0. The van der Waals surface area contributed by atoms with E-state index in [4.69, 9.17) is 9.98 Å². The van der Waals surface area contributed by atoms with Crippen LogP contribution in [-0.2, 0) is 5.41 Å². The molecule has 0 saturated heterocycles. The van der Waals surface area contributed by atoms with Gasteiger partial charge in [0, 0.05) is 37.9 Å². The molecule has 0 radical (unpaired) electrons. The molecule has 3 heteroatoms. The summed E-state index contributed by atoms with van der Waals surface area (Å²) < 4.78 is 0. The molecule has 6 aromatic carbocycles. The van der Waals surface area contributed by atoms with Gasteiger partial charge in [-0.1, -0.05) is 157 Å². The van der Waals surface area contributed by atoms with Crippen LogP contribution < -0.4 is 0 Å². The first kappa shape index (κ1) is 33.1. The molecular weight excluding hydrogens is 661 g/mol. The number of hydrogen-bond acceptors (Lipinski definition) is 3. The van der Waals surface area contributed by atoms with Gasteiger partial charge < -0.3 is 0 Å². The third-order valence-corrected chi connectivity index (χ3v) is 12.2. The monoisotopic (exact) mass is 700 g/mol. The first-order valence-corrected chi connectivity index (χ1v) is 19.1. The molecule has 1 aliphatic carbocycles. The van der Waals surface area contributed by atoms with Crippen LogP contribution in [0, 0.1) is 20.8 Å². The standard InChI is InChI=1S/C50H40N2S/c1-31(2)48(52-49(38-15-7-6-14-32(38)3)36-25-23-35(24-26-36)39-28-22-33(4)51-34(39)5)37-27-29-41-40-16-8-9-17-42(40)50(45(41)30-37)43-18-10-12-20-46(43)53-47-21-13-11-19-44(47)50/h6-30,48H,1H2,2-5H3. The van der Waals surface area contributed by atoms with E-state index >= 15 is 0 Å². The Hall–Kier alpha value is -5.77. The quantitative estimate of drug-likeness (QED) is 0.127. The summed E-state index contributed by atoms with van der Waals surface area (Å²) in [5.74, 6) is 0. The molecule has 2 aliphatic rings. The van der Waals surface area contributed by atoms with Gasteiger partial charge >= 0.3 is 0 Å². The SMILES string of the molecule is C=C(C)C(N=C(c1ccc(-c2ccc(C)nc2C)cc1)c1ccccc1C)c1ccc2c(c1)C1(c3ccccc3Sc3ccccc31)c1ccccc1-2. The van der Waals surface area contributed by atoms with Crippen molar-refractivity contribution in [3.63, 3.8) is 0 Å². The lowest BCUT2D eigenvalue weighted by Gasteiger charge is -2.39. The molecule has 256 valence electrons. The molecule has 0 saturated carbocycles. The molecule has 2 heterocycles. The fourth-order valence-corrected chi connectivity index (χ4v) is 9.77. The maximum Gasteiger partial charge on any atom is 0.0962 e. The summed E-state index contributed by atoms with van der Waals surface area (Å²) in [6, 6.07) is 55.3. The van der Waals surface area contributed by atoms with Gasteiger partial charge in [0.15, 0.2) is 0 Å². The Morgan fingerprint density at radius 1 is 0.623 bits per heavy atom. The molecule has 0 amide bonds. The fourth-order valence-electron chi connectivity index (χ4n) is 8.58. The van der Waals surface area contributed by atoms with E-state index < -0.39 is 5.41 Å². The minimum atomic E-state index is -0.443. The van der Waals surface area contributed by atoms with Crippen molar-refractivity contribution in [3.05, 3.63) is 220 Å². The second-order valence-corrected chi connectivity index (χ2v) is 15.5. The summed E-state index contributed by atoms with van der Waals surface area (Å²) >= 11 is 1.87. The first-order valence-electron chi connectivity index (χ1n) is 18.3. The van der Waals surface area contributed by atoms with E-state index in [-0.39, 0.29) is 6.04 Å². The van der Waals surface area contributed by atoms with Gasteiger partial charge in [-0.2, -0.15) is 0 Å². The van der Waals surface area contributed by atoms with Gasteiger partial charge in [0.05, 0.1) is 17.2 Å². The Morgan fingerprint density at radius 2 is 1.23 bits per heavy atom. The van der Waals surface area contributed by atoms with Crippen LogP contribution in [0.1, 0.15) is 68.9 Å². The van der Waals surface area contributed by atoms with Crippen molar-refractivity contribution in [2.24, 2.45) is 4.99 Å². The Kier molecular flexibility index (Phi) is 8.13. The molecular formula is C50H40N2S. The summed E-state index contributed by atoms with van der Waals surface area (Å²) in [6.07, 6.45) is 0. The van der Waals surface area contributed by atoms with Crippen LogP contribution in [0.25, 0.3) is 22.3 Å². The van der Waals surface area contributed by atoms with Crippen LogP contribution in [0.3, 0.4) is 0 Å². The normalized spacial score (nSPS) is 14.2. The fraction of sp³-hybridized carbons (Fsp3) is 0.120. The maximum absolute atomic E-state index is 5.68. The molecule has 0 fully saturated rings. The highest BCUT2D eigenvalue weighted by Gasteiger charge is 2.50. The van der Waals surface area contributed by atoms with Crippen molar-refractivity contribution in [2.45, 2.75) is 48.9 Å². The molecule has 7 aromatic rings. The Morgan fingerprint density at radius 3 is 1.91 bits per heavy atom. The number of nitrogens with zero attached hydrogens (tertiary/aromatic N) is 2. The summed E-state index contributed by atoms with van der Waals surface area (Å²) in [6.45, 7) is 13.0. The predicted octanol–water partition coefficient (Wildman–Crippen LogP) is 12.7. The van der Waals surface area contributed by atoms with Crippen LogP contribution in [0.5, 0.6) is 0 Å². The number of benzene rings is 6. The molecule has 1 atom stereocenters. The van der Waals surface area contributed by atoms with Crippen molar-refractivity contribution in [2.75, 3.05) is 0 Å². The first-order chi connectivity index (χ1) is 25.8. The predicted molar refractivity (Wildman–Crippen MR) is 221 cm³/mol. The van der Waals surface area contributed by atoms with E-state index in [1.54, 1.807) is 0 Å². The number of hydrogen-bond donors (Lipinski definition) is 0. The Bertz CT molecular complexity index is 2570. The van der Waals surface area contributed by atoms with Gasteiger partial charge in [-0.3, -0.25) is 9.98 Å². The zero-order chi connectivity index (χ0) is 36.3. The number of pyridine rings is 1. The zero-order valence-corrected chi connectivity index (χ0v) is 31.3. The Labute approximate surface area is 317 Å². The number of aromatic nitrogens is 1. The molecule has 1 aromatic heterocycles. The lowest BCUT2D eigenvalue weighted by atomic mass is 9.67. The summed E-state index contributed by atoms with van der Waals surface area (Å²) in [4.78, 5) is 13.0. The molecule has 1 unspecified atom stereocenters. The average Bonchev–Trinajstić information content (AvgIpc) is 3.46. The van der Waals surface area contributed by atoms with Gasteiger partial charge in [0.2, 0.25) is 0 Å². The lowest BCUT2D eigenvalue weighted by molar-refractivity contribution is 0.718. The van der Waals surface area contributed by atoms with E-state index in [0.29, 0.717) is 0 Å². The molecule has 53 heavy (non-hydrogen) atoms. The van der Waals surface area contributed by atoms with E-state index in [9.17, 15) is 0 Å². The highest BCUT2D eigenvalue weighted by molar-refractivity contribution is 7.99. The molecule has 9 rings (SSSR count). The average molecular weight is 701 g/mol. The van der Waals surface area contributed by atoms with Crippen molar-refractivity contribution < 1.29 is 0 Å². The van der Waals surface area contributed by atoms with Crippen molar-refractivity contribution in [1.82, 2.24) is 4.98 Å². The maximum atomic E-state index is 5.68.